The predicted octanol–water partition coefficient (Wildman–Crippen LogP) is 2.88. The highest BCUT2D eigenvalue weighted by Gasteiger charge is 2.25. The minimum atomic E-state index is 0.310. The minimum absolute atomic E-state index is 0.310. The summed E-state index contributed by atoms with van der Waals surface area (Å²) < 4.78 is 5.20. The molecule has 0 spiro atoms. The summed E-state index contributed by atoms with van der Waals surface area (Å²) in [4.78, 5) is 1.16. The average molecular weight is 234 g/mol. The number of hydrogen-bond donors (Lipinski definition) is 1. The van der Waals surface area contributed by atoms with Crippen LogP contribution in [0.1, 0.15) is 13.3 Å². The number of rotatable bonds is 2. The van der Waals surface area contributed by atoms with Crippen molar-refractivity contribution < 1.29 is 4.74 Å². The highest BCUT2D eigenvalue weighted by atomic mass is 32.2. The molecule has 16 heavy (non-hydrogen) atoms. The second-order valence-electron chi connectivity index (χ2n) is 3.81. The van der Waals surface area contributed by atoms with Gasteiger partial charge in [-0.15, -0.1) is 11.8 Å². The highest BCUT2D eigenvalue weighted by molar-refractivity contribution is 8.00. The maximum absolute atomic E-state index is 8.77. The Labute approximate surface area is 99.8 Å². The van der Waals surface area contributed by atoms with Crippen molar-refractivity contribution in [2.45, 2.75) is 29.5 Å². The molecule has 1 aliphatic rings. The first kappa shape index (κ1) is 11.2. The number of methoxy groups -OCH3 is 1. The summed E-state index contributed by atoms with van der Waals surface area (Å²) >= 11 is 1.75. The normalized spacial score (nSPS) is 22.8. The zero-order valence-electron chi connectivity index (χ0n) is 9.36. The van der Waals surface area contributed by atoms with Gasteiger partial charge in [-0.25, -0.2) is 0 Å². The van der Waals surface area contributed by atoms with Gasteiger partial charge < -0.3 is 10.1 Å². The molecule has 2 atom stereocenters. The first-order chi connectivity index (χ1) is 7.74. The fraction of sp³-hybridized carbons (Fsp3) is 0.417. The fourth-order valence-electron chi connectivity index (χ4n) is 1.76. The van der Waals surface area contributed by atoms with Gasteiger partial charge in [0.25, 0.3) is 0 Å². The zero-order valence-corrected chi connectivity index (χ0v) is 10.2. The molecule has 1 N–H and O–H groups in total. The lowest BCUT2D eigenvalue weighted by Gasteiger charge is -2.30. The largest absolute Gasteiger partial charge is 0.497 e. The first-order valence-electron chi connectivity index (χ1n) is 5.22. The molecule has 1 aromatic rings. The van der Waals surface area contributed by atoms with Gasteiger partial charge in [0.15, 0.2) is 0 Å². The Morgan fingerprint density at radius 3 is 3.06 bits per heavy atom. The quantitative estimate of drug-likeness (QED) is 0.854. The predicted molar refractivity (Wildman–Crippen MR) is 66.0 cm³/mol. The Morgan fingerprint density at radius 2 is 2.38 bits per heavy atom. The Balaban J connectivity index is 2.26. The van der Waals surface area contributed by atoms with Gasteiger partial charge in [-0.2, -0.15) is 5.26 Å². The molecule has 0 bridgehead atoms. The second kappa shape index (κ2) is 4.67. The van der Waals surface area contributed by atoms with Crippen LogP contribution in [0.4, 0.5) is 5.69 Å². The molecule has 2 rings (SSSR count). The summed E-state index contributed by atoms with van der Waals surface area (Å²) in [5.74, 6) is 0.860. The Hall–Kier alpha value is -1.34. The number of ether oxygens (including phenoxy) is 1. The van der Waals surface area contributed by atoms with E-state index in [1.54, 1.807) is 18.9 Å². The molecule has 2 unspecified atom stereocenters. The molecular formula is C12H14N2OS. The Kier molecular flexibility index (Phi) is 3.25. The van der Waals surface area contributed by atoms with Crippen LogP contribution in [0.15, 0.2) is 23.1 Å². The van der Waals surface area contributed by atoms with Gasteiger partial charge in [0.2, 0.25) is 0 Å². The molecule has 4 heteroatoms. The first-order valence-corrected chi connectivity index (χ1v) is 6.10. The van der Waals surface area contributed by atoms with Gasteiger partial charge in [0.05, 0.1) is 13.2 Å². The molecule has 0 saturated heterocycles. The van der Waals surface area contributed by atoms with Crippen LogP contribution in [0.25, 0.3) is 0 Å². The lowest BCUT2D eigenvalue weighted by Crippen LogP contribution is -2.31. The number of benzene rings is 1. The van der Waals surface area contributed by atoms with E-state index < -0.39 is 0 Å². The lowest BCUT2D eigenvalue weighted by atomic mass is 10.1. The van der Waals surface area contributed by atoms with Crippen LogP contribution in [-0.2, 0) is 0 Å². The summed E-state index contributed by atoms with van der Waals surface area (Å²) in [6, 6.07) is 8.55. The number of anilines is 1. The third-order valence-electron chi connectivity index (χ3n) is 2.70. The van der Waals surface area contributed by atoms with Crippen molar-refractivity contribution in [2.75, 3.05) is 12.4 Å². The van der Waals surface area contributed by atoms with Gasteiger partial charge in [-0.3, -0.25) is 0 Å². The van der Waals surface area contributed by atoms with E-state index in [4.69, 9.17) is 10.00 Å². The summed E-state index contributed by atoms with van der Waals surface area (Å²) in [6.45, 7) is 2.11. The topological polar surface area (TPSA) is 45.0 Å². The van der Waals surface area contributed by atoms with Crippen LogP contribution >= 0.6 is 11.8 Å². The summed E-state index contributed by atoms with van der Waals surface area (Å²) in [5.41, 5.74) is 1.13. The van der Waals surface area contributed by atoms with Gasteiger partial charge in [0.1, 0.15) is 5.75 Å². The number of nitriles is 1. The van der Waals surface area contributed by atoms with Crippen molar-refractivity contribution >= 4 is 17.4 Å². The van der Waals surface area contributed by atoms with Crippen LogP contribution in [-0.4, -0.2) is 18.4 Å². The molecule has 1 aromatic carbocycles. The van der Waals surface area contributed by atoms with Crippen LogP contribution in [0.5, 0.6) is 5.75 Å². The number of nitrogens with one attached hydrogen (secondary N) is 1. The minimum Gasteiger partial charge on any atom is -0.497 e. The number of nitrogens with zero attached hydrogens (tertiary/aromatic N) is 1. The van der Waals surface area contributed by atoms with Crippen molar-refractivity contribution in [3.63, 3.8) is 0 Å². The van der Waals surface area contributed by atoms with E-state index in [1.165, 1.54) is 0 Å². The molecular weight excluding hydrogens is 220 g/mol. The molecule has 0 aromatic heterocycles. The van der Waals surface area contributed by atoms with Crippen LogP contribution in [0.2, 0.25) is 0 Å². The molecule has 0 radical (unpaired) electrons. The van der Waals surface area contributed by atoms with Crippen LogP contribution in [0.3, 0.4) is 0 Å². The van der Waals surface area contributed by atoms with Gasteiger partial charge in [-0.05, 0) is 25.1 Å². The molecule has 0 saturated carbocycles. The van der Waals surface area contributed by atoms with E-state index >= 15 is 0 Å². The molecule has 1 aliphatic heterocycles. The summed E-state index contributed by atoms with van der Waals surface area (Å²) in [6.07, 6.45) is 0.565. The monoisotopic (exact) mass is 234 g/mol. The lowest BCUT2D eigenvalue weighted by molar-refractivity contribution is 0.413. The average Bonchev–Trinajstić information content (AvgIpc) is 2.30. The third kappa shape index (κ3) is 2.10. The molecule has 3 nitrogen and oxygen atoms in total. The van der Waals surface area contributed by atoms with E-state index in [2.05, 4.69) is 18.3 Å². The third-order valence-corrected chi connectivity index (χ3v) is 4.17. The van der Waals surface area contributed by atoms with E-state index in [1.807, 2.05) is 18.2 Å². The summed E-state index contributed by atoms with van der Waals surface area (Å²) in [7, 11) is 1.66. The molecule has 84 valence electrons. The Bertz CT molecular complexity index is 428. The van der Waals surface area contributed by atoms with Gasteiger partial charge in [0, 0.05) is 28.3 Å². The van der Waals surface area contributed by atoms with Crippen LogP contribution in [0, 0.1) is 11.3 Å². The zero-order chi connectivity index (χ0) is 11.5. The molecule has 0 fully saturated rings. The highest BCUT2D eigenvalue weighted by Crippen LogP contribution is 2.40. The van der Waals surface area contributed by atoms with Crippen molar-refractivity contribution in [2.24, 2.45) is 0 Å². The van der Waals surface area contributed by atoms with Crippen LogP contribution < -0.4 is 10.1 Å². The molecule has 1 heterocycles. The van der Waals surface area contributed by atoms with E-state index in [0.29, 0.717) is 17.7 Å². The SMILES string of the molecule is COc1ccc2c(c1)SC(CC#N)C(C)N2. The number of hydrogen-bond acceptors (Lipinski definition) is 4. The van der Waals surface area contributed by atoms with Gasteiger partial charge >= 0.3 is 0 Å². The maximum Gasteiger partial charge on any atom is 0.120 e. The number of thioether (sulfide) groups is 1. The van der Waals surface area contributed by atoms with Gasteiger partial charge in [-0.1, -0.05) is 0 Å². The smallest absolute Gasteiger partial charge is 0.120 e. The number of fused-ring (bicyclic) bond motifs is 1. The van der Waals surface area contributed by atoms with Crippen molar-refractivity contribution in [3.8, 4) is 11.8 Å². The van der Waals surface area contributed by atoms with E-state index in [-0.39, 0.29) is 0 Å². The van der Waals surface area contributed by atoms with E-state index in [0.717, 1.165) is 16.3 Å². The summed E-state index contributed by atoms with van der Waals surface area (Å²) in [5, 5.41) is 12.5. The van der Waals surface area contributed by atoms with Crippen molar-refractivity contribution in [1.82, 2.24) is 0 Å². The van der Waals surface area contributed by atoms with E-state index in [9.17, 15) is 0 Å². The Morgan fingerprint density at radius 1 is 1.56 bits per heavy atom. The molecule has 0 aliphatic carbocycles. The van der Waals surface area contributed by atoms with Crippen molar-refractivity contribution in [3.05, 3.63) is 18.2 Å². The fourth-order valence-corrected chi connectivity index (χ4v) is 2.95. The second-order valence-corrected chi connectivity index (χ2v) is 5.09. The van der Waals surface area contributed by atoms with Crippen molar-refractivity contribution in [1.29, 1.82) is 5.26 Å². The standard InChI is InChI=1S/C12H14N2OS/c1-8-11(5-6-13)16-12-7-9(15-2)3-4-10(12)14-8/h3-4,7-8,11,14H,5H2,1-2H3. The maximum atomic E-state index is 8.77. The molecule has 0 amide bonds.